The molecule has 1 N–H and O–H groups in total. The molecule has 1 aromatic carbocycles. The largest absolute Gasteiger partial charge is 0.522 e. The molecule has 1 aliphatic carbocycles. The maximum atomic E-state index is 13.8. The summed E-state index contributed by atoms with van der Waals surface area (Å²) in [6, 6.07) is 5.88. The number of carbonyl (C=O) groups is 1. The highest BCUT2D eigenvalue weighted by molar-refractivity contribution is 7.18. The number of piperidine rings is 1. The number of benzene rings is 1. The van der Waals surface area contributed by atoms with Crippen molar-refractivity contribution in [3.05, 3.63) is 73.4 Å². The van der Waals surface area contributed by atoms with Crippen molar-refractivity contribution >= 4 is 39.1 Å². The number of aryl methyl sites for hydroxylation is 3. The summed E-state index contributed by atoms with van der Waals surface area (Å²) in [5, 5.41) is 11.7. The van der Waals surface area contributed by atoms with Gasteiger partial charge in [-0.25, -0.2) is 9.78 Å². The molecule has 0 saturated carbocycles. The first kappa shape index (κ1) is 31.1. The van der Waals surface area contributed by atoms with Gasteiger partial charge in [-0.15, -0.1) is 24.5 Å². The van der Waals surface area contributed by atoms with Crippen LogP contribution in [0.2, 0.25) is 5.02 Å². The lowest BCUT2D eigenvalue weighted by Gasteiger charge is -2.39. The van der Waals surface area contributed by atoms with E-state index in [0.717, 1.165) is 5.56 Å². The number of aromatic carboxylic acids is 1. The molecule has 0 spiro atoms. The van der Waals surface area contributed by atoms with Crippen LogP contribution in [0.25, 0.3) is 21.3 Å². The van der Waals surface area contributed by atoms with Gasteiger partial charge in [0.05, 0.1) is 34.1 Å². The van der Waals surface area contributed by atoms with E-state index in [1.807, 2.05) is 11.0 Å². The van der Waals surface area contributed by atoms with Crippen molar-refractivity contribution in [3.8, 4) is 16.9 Å². The molecule has 0 bridgehead atoms. The van der Waals surface area contributed by atoms with Crippen LogP contribution in [0, 0.1) is 13.8 Å². The Morgan fingerprint density at radius 3 is 2.65 bits per heavy atom. The number of carboxylic acids is 1. The molecule has 46 heavy (non-hydrogen) atoms. The van der Waals surface area contributed by atoms with Crippen LogP contribution < -0.4 is 10.3 Å². The smallest absolute Gasteiger partial charge is 0.491 e. The summed E-state index contributed by atoms with van der Waals surface area (Å²) >= 11 is 7.65. The number of aromatic nitrogens is 3. The fourth-order valence-corrected chi connectivity index (χ4v) is 7.47. The molecule has 6 rings (SSSR count). The standard InChI is InChI=1S/C32H32ClF3N4O5S/c1-17-13-23(29-28(37-17)25(16-46-29)31(42)43)22-14-19(33)3-6-27(22)44-12-11-40-18(2)38-26-5-4-20(15-24(26)30(40)41)39-9-7-21(8-10-39)45-32(34,35)36/h3,6,13-14,16,20-21H,4-5,7-12,15H2,1-2H3,(H,42,43)/t20-/m1/s1/i20D. The van der Waals surface area contributed by atoms with Gasteiger partial charge in [0.25, 0.3) is 5.56 Å². The minimum absolute atomic E-state index is 0.104. The number of hydrogen-bond acceptors (Lipinski definition) is 8. The Kier molecular flexibility index (Phi) is 8.75. The van der Waals surface area contributed by atoms with Crippen LogP contribution in [0.15, 0.2) is 34.4 Å². The molecule has 2 aliphatic rings. The summed E-state index contributed by atoms with van der Waals surface area (Å²) in [7, 11) is 0. The second-order valence-corrected chi connectivity index (χ2v) is 12.8. The summed E-state index contributed by atoms with van der Waals surface area (Å²) in [6.07, 6.45) is -4.35. The Morgan fingerprint density at radius 1 is 1.17 bits per heavy atom. The summed E-state index contributed by atoms with van der Waals surface area (Å²) < 4.78 is 59.9. The zero-order valence-electron chi connectivity index (χ0n) is 26.1. The van der Waals surface area contributed by atoms with E-state index >= 15 is 0 Å². The van der Waals surface area contributed by atoms with Crippen LogP contribution in [-0.4, -0.2) is 68.7 Å². The highest BCUT2D eigenvalue weighted by atomic mass is 35.5. The van der Waals surface area contributed by atoms with Crippen molar-refractivity contribution in [2.75, 3.05) is 19.7 Å². The first-order chi connectivity index (χ1) is 22.2. The maximum absolute atomic E-state index is 13.8. The second-order valence-electron chi connectivity index (χ2n) is 11.5. The number of pyridine rings is 1. The van der Waals surface area contributed by atoms with Crippen LogP contribution in [0.4, 0.5) is 13.2 Å². The topological polar surface area (TPSA) is 107 Å². The van der Waals surface area contributed by atoms with E-state index in [9.17, 15) is 29.2 Å². The number of hydrogen-bond donors (Lipinski definition) is 1. The predicted molar refractivity (Wildman–Crippen MR) is 168 cm³/mol. The molecule has 1 fully saturated rings. The number of thiophene rings is 1. The normalized spacial score (nSPS) is 19.7. The van der Waals surface area contributed by atoms with Gasteiger partial charge in [0.1, 0.15) is 18.2 Å². The molecular weight excluding hydrogens is 645 g/mol. The minimum Gasteiger partial charge on any atom is -0.491 e. The Bertz CT molecular complexity index is 1910. The molecular formula is C32H32ClF3N4O5S. The lowest BCUT2D eigenvalue weighted by Crippen LogP contribution is -2.48. The number of nitrogens with zero attached hydrogens (tertiary/aromatic N) is 4. The third kappa shape index (κ3) is 6.78. The quantitative estimate of drug-likeness (QED) is 0.228. The summed E-state index contributed by atoms with van der Waals surface area (Å²) in [5.74, 6) is -0.0566. The number of fused-ring (bicyclic) bond motifs is 2. The molecule has 0 unspecified atom stereocenters. The number of halogens is 4. The van der Waals surface area contributed by atoms with E-state index in [1.54, 1.807) is 37.4 Å². The van der Waals surface area contributed by atoms with Crippen molar-refractivity contribution in [2.45, 2.75) is 71.0 Å². The molecule has 1 atom stereocenters. The summed E-state index contributed by atoms with van der Waals surface area (Å²) in [5.41, 5.74) is 3.35. The number of ether oxygens (including phenoxy) is 2. The average Bonchev–Trinajstić information content (AvgIpc) is 3.43. The lowest BCUT2D eigenvalue weighted by molar-refractivity contribution is -0.346. The van der Waals surface area contributed by atoms with Gasteiger partial charge < -0.3 is 9.84 Å². The molecule has 1 aliphatic heterocycles. The number of likely N-dealkylation sites (tertiary alicyclic amines) is 1. The van der Waals surface area contributed by atoms with Crippen LogP contribution in [0.1, 0.15) is 53.8 Å². The molecule has 1 saturated heterocycles. The molecule has 3 aromatic heterocycles. The Hall–Kier alpha value is -3.52. The SMILES string of the molecule is [2H][C@@]1(N2CCC(OC(F)(F)F)CC2)CCc2nc(C)n(CCOc3ccc(Cl)cc3-c3cc(C)nc4c(C(=O)O)csc34)c(=O)c2C1. The fourth-order valence-electron chi connectivity index (χ4n) is 6.28. The first-order valence-electron chi connectivity index (χ1n) is 15.4. The third-order valence-electron chi connectivity index (χ3n) is 8.45. The number of rotatable bonds is 8. The Labute approximate surface area is 273 Å². The first-order valence-corrected chi connectivity index (χ1v) is 16.1. The molecule has 9 nitrogen and oxygen atoms in total. The number of alkyl halides is 3. The van der Waals surface area contributed by atoms with E-state index in [2.05, 4.69) is 14.7 Å². The molecule has 0 amide bonds. The second kappa shape index (κ2) is 12.9. The van der Waals surface area contributed by atoms with Gasteiger partial charge in [-0.3, -0.25) is 24.0 Å². The van der Waals surface area contributed by atoms with Gasteiger partial charge in [-0.1, -0.05) is 11.6 Å². The van der Waals surface area contributed by atoms with Crippen molar-refractivity contribution in [1.82, 2.24) is 19.4 Å². The van der Waals surface area contributed by atoms with Gasteiger partial charge in [0.15, 0.2) is 0 Å². The Balaban J connectivity index is 1.20. The molecule has 14 heteroatoms. The summed E-state index contributed by atoms with van der Waals surface area (Å²) in [4.78, 5) is 36.6. The van der Waals surface area contributed by atoms with E-state index < -0.39 is 24.5 Å². The molecule has 244 valence electrons. The third-order valence-corrected chi connectivity index (χ3v) is 9.68. The van der Waals surface area contributed by atoms with Crippen molar-refractivity contribution in [2.24, 2.45) is 0 Å². The van der Waals surface area contributed by atoms with Crippen LogP contribution in [-0.2, 0) is 24.1 Å². The van der Waals surface area contributed by atoms with Gasteiger partial charge in [0.2, 0.25) is 0 Å². The maximum Gasteiger partial charge on any atom is 0.522 e. The number of carboxylic acid groups (broad SMARTS) is 1. The molecule has 4 aromatic rings. The van der Waals surface area contributed by atoms with Gasteiger partial charge in [-0.2, -0.15) is 0 Å². The zero-order valence-corrected chi connectivity index (χ0v) is 26.7. The Morgan fingerprint density at radius 2 is 1.93 bits per heavy atom. The van der Waals surface area contributed by atoms with E-state index in [1.165, 1.54) is 15.9 Å². The van der Waals surface area contributed by atoms with Gasteiger partial charge in [-0.05, 0) is 70.2 Å². The monoisotopic (exact) mass is 677 g/mol. The van der Waals surface area contributed by atoms with Crippen molar-refractivity contribution < 1.29 is 33.9 Å². The van der Waals surface area contributed by atoms with E-state index in [4.69, 9.17) is 16.3 Å². The highest BCUT2D eigenvalue weighted by Gasteiger charge is 2.37. The minimum atomic E-state index is -4.69. The van der Waals surface area contributed by atoms with Crippen LogP contribution in [0.3, 0.4) is 0 Å². The van der Waals surface area contributed by atoms with E-state index in [0.29, 0.717) is 62.2 Å². The van der Waals surface area contributed by atoms with E-state index in [-0.39, 0.29) is 56.6 Å². The highest BCUT2D eigenvalue weighted by Crippen LogP contribution is 2.40. The van der Waals surface area contributed by atoms with Crippen LogP contribution >= 0.6 is 22.9 Å². The average molecular weight is 678 g/mol. The van der Waals surface area contributed by atoms with Gasteiger partial charge in [0, 0.05) is 53.3 Å². The predicted octanol–water partition coefficient (Wildman–Crippen LogP) is 6.43. The zero-order chi connectivity index (χ0) is 33.7. The lowest BCUT2D eigenvalue weighted by atomic mass is 9.90. The summed E-state index contributed by atoms with van der Waals surface area (Å²) in [6.45, 7) is 4.35. The van der Waals surface area contributed by atoms with Gasteiger partial charge >= 0.3 is 12.3 Å². The van der Waals surface area contributed by atoms with Crippen LogP contribution in [0.5, 0.6) is 5.75 Å². The van der Waals surface area contributed by atoms with Crippen molar-refractivity contribution in [1.29, 1.82) is 0 Å². The molecule has 4 heterocycles. The molecule has 0 radical (unpaired) electrons. The fraction of sp³-hybridized carbons (Fsp3) is 0.438. The van der Waals surface area contributed by atoms with Crippen molar-refractivity contribution in [3.63, 3.8) is 0 Å².